The Balaban J connectivity index is 2.16. The van der Waals surface area contributed by atoms with Crippen molar-refractivity contribution in [3.8, 4) is 0 Å². The highest BCUT2D eigenvalue weighted by atomic mass is 35.5. The standard InChI is InChI=1S/C18H18ClFN2O3/c19-15-11-13(22-6-8-25-9-7-22)10-14(16(15)20)18(24,17(21)23)12-4-2-1-3-5-12/h1-5,10-11,24H,6-9H2,(H2,21,23). The van der Waals surface area contributed by atoms with Gasteiger partial charge in [-0.1, -0.05) is 41.9 Å². The number of morpholine rings is 1. The fourth-order valence-electron chi connectivity index (χ4n) is 2.95. The van der Waals surface area contributed by atoms with E-state index in [0.29, 0.717) is 32.0 Å². The third kappa shape index (κ3) is 3.20. The molecule has 1 unspecified atom stereocenters. The van der Waals surface area contributed by atoms with Gasteiger partial charge in [0.1, 0.15) is 5.82 Å². The normalized spacial score (nSPS) is 17.2. The molecular weight excluding hydrogens is 347 g/mol. The van der Waals surface area contributed by atoms with Gasteiger partial charge in [-0.3, -0.25) is 4.79 Å². The molecule has 0 spiro atoms. The molecule has 2 aromatic carbocycles. The highest BCUT2D eigenvalue weighted by molar-refractivity contribution is 6.31. The Morgan fingerprint density at radius 2 is 1.88 bits per heavy atom. The molecular formula is C18H18ClFN2O3. The minimum atomic E-state index is -2.32. The lowest BCUT2D eigenvalue weighted by molar-refractivity contribution is -0.133. The van der Waals surface area contributed by atoms with Crippen LogP contribution < -0.4 is 10.6 Å². The zero-order valence-electron chi connectivity index (χ0n) is 13.4. The summed E-state index contributed by atoms with van der Waals surface area (Å²) in [6.07, 6.45) is 0. The molecule has 2 aromatic rings. The fraction of sp³-hybridized carbons (Fsp3) is 0.278. The first-order chi connectivity index (χ1) is 11.9. The van der Waals surface area contributed by atoms with E-state index in [1.54, 1.807) is 18.2 Å². The van der Waals surface area contributed by atoms with Crippen molar-refractivity contribution in [2.75, 3.05) is 31.2 Å². The molecule has 1 heterocycles. The lowest BCUT2D eigenvalue weighted by Crippen LogP contribution is -2.43. The molecule has 1 aliphatic rings. The molecule has 1 aliphatic heterocycles. The second kappa shape index (κ2) is 7.00. The number of nitrogens with two attached hydrogens (primary N) is 1. The van der Waals surface area contributed by atoms with Crippen LogP contribution >= 0.6 is 11.6 Å². The predicted octanol–water partition coefficient (Wildman–Crippen LogP) is 2.04. The zero-order valence-corrected chi connectivity index (χ0v) is 14.2. The smallest absolute Gasteiger partial charge is 0.258 e. The van der Waals surface area contributed by atoms with Crippen molar-refractivity contribution in [2.24, 2.45) is 5.73 Å². The first-order valence-corrected chi connectivity index (χ1v) is 8.22. The van der Waals surface area contributed by atoms with E-state index in [1.165, 1.54) is 24.3 Å². The quantitative estimate of drug-likeness (QED) is 0.870. The number of nitrogens with zero attached hydrogens (tertiary/aromatic N) is 1. The molecule has 3 rings (SSSR count). The van der Waals surface area contributed by atoms with Gasteiger partial charge in [-0.15, -0.1) is 0 Å². The van der Waals surface area contributed by atoms with Crippen molar-refractivity contribution < 1.29 is 19.0 Å². The summed E-state index contributed by atoms with van der Waals surface area (Å²) in [5.74, 6) is -1.95. The molecule has 0 aliphatic carbocycles. The molecule has 0 saturated carbocycles. The molecule has 25 heavy (non-hydrogen) atoms. The molecule has 0 radical (unpaired) electrons. The third-order valence-electron chi connectivity index (χ3n) is 4.33. The largest absolute Gasteiger partial charge is 0.378 e. The van der Waals surface area contributed by atoms with E-state index in [9.17, 15) is 14.3 Å². The Kier molecular flexibility index (Phi) is 4.94. The highest BCUT2D eigenvalue weighted by Crippen LogP contribution is 2.37. The van der Waals surface area contributed by atoms with Gasteiger partial charge in [0.15, 0.2) is 5.60 Å². The van der Waals surface area contributed by atoms with Crippen LogP contribution in [0.1, 0.15) is 11.1 Å². The second-order valence-corrected chi connectivity index (χ2v) is 6.24. The van der Waals surface area contributed by atoms with Crippen LogP contribution in [0.5, 0.6) is 0 Å². The van der Waals surface area contributed by atoms with Crippen molar-refractivity contribution in [3.05, 3.63) is 64.4 Å². The van der Waals surface area contributed by atoms with Gasteiger partial charge in [-0.2, -0.15) is 0 Å². The first-order valence-electron chi connectivity index (χ1n) is 7.84. The van der Waals surface area contributed by atoms with Gasteiger partial charge in [0, 0.05) is 24.3 Å². The van der Waals surface area contributed by atoms with Gasteiger partial charge < -0.3 is 20.5 Å². The summed E-state index contributed by atoms with van der Waals surface area (Å²) in [5.41, 5.74) is 3.64. The maximum absolute atomic E-state index is 14.7. The summed E-state index contributed by atoms with van der Waals surface area (Å²) >= 11 is 6.04. The first kappa shape index (κ1) is 17.7. The SMILES string of the molecule is NC(=O)C(O)(c1ccccc1)c1cc(N2CCOCC2)cc(Cl)c1F. The molecule has 0 bridgehead atoms. The van der Waals surface area contributed by atoms with Crippen LogP contribution in [0.2, 0.25) is 5.02 Å². The highest BCUT2D eigenvalue weighted by Gasteiger charge is 2.41. The van der Waals surface area contributed by atoms with Gasteiger partial charge in [0.2, 0.25) is 0 Å². The Labute approximate surface area is 149 Å². The molecule has 7 heteroatoms. The number of rotatable bonds is 4. The average Bonchev–Trinajstić information content (AvgIpc) is 2.64. The van der Waals surface area contributed by atoms with Crippen LogP contribution in [0.4, 0.5) is 10.1 Å². The van der Waals surface area contributed by atoms with Crippen LogP contribution in [0, 0.1) is 5.82 Å². The number of carbonyl (C=O) groups excluding carboxylic acids is 1. The summed E-state index contributed by atoms with van der Waals surface area (Å²) in [6, 6.07) is 10.9. The molecule has 1 saturated heterocycles. The van der Waals surface area contributed by atoms with Gasteiger partial charge >= 0.3 is 0 Å². The average molecular weight is 365 g/mol. The lowest BCUT2D eigenvalue weighted by atomic mass is 9.85. The monoisotopic (exact) mass is 364 g/mol. The fourth-order valence-corrected chi connectivity index (χ4v) is 3.17. The Bertz CT molecular complexity index is 781. The van der Waals surface area contributed by atoms with Crippen LogP contribution in [0.15, 0.2) is 42.5 Å². The van der Waals surface area contributed by atoms with E-state index < -0.39 is 17.3 Å². The van der Waals surface area contributed by atoms with Gasteiger partial charge in [-0.25, -0.2) is 4.39 Å². The number of anilines is 1. The van der Waals surface area contributed by atoms with E-state index in [0.717, 1.165) is 0 Å². The van der Waals surface area contributed by atoms with Crippen molar-refractivity contribution in [1.29, 1.82) is 0 Å². The van der Waals surface area contributed by atoms with Gasteiger partial charge in [0.25, 0.3) is 5.91 Å². The molecule has 3 N–H and O–H groups in total. The number of amides is 1. The maximum Gasteiger partial charge on any atom is 0.258 e. The van der Waals surface area contributed by atoms with E-state index in [-0.39, 0.29) is 16.1 Å². The van der Waals surface area contributed by atoms with E-state index in [4.69, 9.17) is 22.1 Å². The number of primary amides is 1. The number of halogens is 2. The topological polar surface area (TPSA) is 75.8 Å². The van der Waals surface area contributed by atoms with Crippen LogP contribution in [0.3, 0.4) is 0 Å². The summed E-state index contributed by atoms with van der Waals surface area (Å²) in [6.45, 7) is 2.26. The number of carbonyl (C=O) groups is 1. The number of ether oxygens (including phenoxy) is 1. The number of hydrogen-bond acceptors (Lipinski definition) is 4. The summed E-state index contributed by atoms with van der Waals surface area (Å²) in [5, 5.41) is 10.9. The maximum atomic E-state index is 14.7. The minimum Gasteiger partial charge on any atom is -0.378 e. The van der Waals surface area contributed by atoms with Gasteiger partial charge in [0.05, 0.1) is 18.2 Å². The van der Waals surface area contributed by atoms with Crippen LogP contribution in [0.25, 0.3) is 0 Å². The lowest BCUT2D eigenvalue weighted by Gasteiger charge is -2.32. The number of hydrogen-bond donors (Lipinski definition) is 2. The summed E-state index contributed by atoms with van der Waals surface area (Å²) in [7, 11) is 0. The molecule has 1 amide bonds. The molecule has 0 aromatic heterocycles. The minimum absolute atomic E-state index is 0.177. The van der Waals surface area contributed by atoms with Gasteiger partial charge in [-0.05, 0) is 17.7 Å². The Hall–Kier alpha value is -2.15. The van der Waals surface area contributed by atoms with E-state index in [2.05, 4.69) is 0 Å². The van der Waals surface area contributed by atoms with Crippen molar-refractivity contribution in [2.45, 2.75) is 5.60 Å². The van der Waals surface area contributed by atoms with Crippen LogP contribution in [-0.4, -0.2) is 37.3 Å². The Morgan fingerprint density at radius 1 is 1.24 bits per heavy atom. The zero-order chi connectivity index (χ0) is 18.0. The molecule has 1 atom stereocenters. The third-order valence-corrected chi connectivity index (χ3v) is 4.60. The number of benzene rings is 2. The van der Waals surface area contributed by atoms with Crippen LogP contribution in [-0.2, 0) is 15.1 Å². The van der Waals surface area contributed by atoms with Crippen molar-refractivity contribution in [1.82, 2.24) is 0 Å². The van der Waals surface area contributed by atoms with E-state index >= 15 is 0 Å². The predicted molar refractivity (Wildman–Crippen MR) is 93.1 cm³/mol. The van der Waals surface area contributed by atoms with Crippen molar-refractivity contribution in [3.63, 3.8) is 0 Å². The van der Waals surface area contributed by atoms with E-state index in [1.807, 2.05) is 4.90 Å². The molecule has 1 fully saturated rings. The molecule has 132 valence electrons. The summed E-state index contributed by atoms with van der Waals surface area (Å²) < 4.78 is 20.1. The molecule has 5 nitrogen and oxygen atoms in total. The van der Waals surface area contributed by atoms with Crippen molar-refractivity contribution >= 4 is 23.2 Å². The second-order valence-electron chi connectivity index (χ2n) is 5.83. The Morgan fingerprint density at radius 3 is 2.48 bits per heavy atom. The number of aliphatic hydroxyl groups is 1. The summed E-state index contributed by atoms with van der Waals surface area (Å²) in [4.78, 5) is 14.1.